The molecule has 2 amide bonds. The predicted molar refractivity (Wildman–Crippen MR) is 194 cm³/mol. The van der Waals surface area contributed by atoms with E-state index in [0.717, 1.165) is 17.8 Å². The lowest BCUT2D eigenvalue weighted by Gasteiger charge is -2.17. The molecule has 4 rings (SSSR count). The number of nitrogens with two attached hydrogens (primary N) is 3. The summed E-state index contributed by atoms with van der Waals surface area (Å²) in [6.45, 7) is 2.48. The summed E-state index contributed by atoms with van der Waals surface area (Å²) < 4.78 is 33.8. The minimum atomic E-state index is -3.99. The first-order chi connectivity index (χ1) is 23.3. The van der Waals surface area contributed by atoms with Crippen molar-refractivity contribution in [3.8, 4) is 16.9 Å². The number of carbonyl (C=O) groups excluding carboxylic acids is 1. The average molecular weight is 724 g/mol. The maximum atomic E-state index is 13.8. The third-order valence-corrected chi connectivity index (χ3v) is 11.5. The van der Waals surface area contributed by atoms with Crippen molar-refractivity contribution in [2.24, 2.45) is 22.2 Å². The molecule has 0 saturated carbocycles. The Kier molecular flexibility index (Phi) is 12.3. The number of aryl methyl sites for hydroxylation is 1. The van der Waals surface area contributed by atoms with Crippen molar-refractivity contribution in [1.29, 1.82) is 5.41 Å². The third kappa shape index (κ3) is 9.31. The van der Waals surface area contributed by atoms with Gasteiger partial charge < -0.3 is 37.7 Å². The van der Waals surface area contributed by atoms with Crippen LogP contribution in [-0.2, 0) is 9.84 Å². The number of nitrogens with zero attached hydrogens (tertiary/aromatic N) is 1. The number of ether oxygens (including phenoxy) is 1. The van der Waals surface area contributed by atoms with E-state index in [9.17, 15) is 23.1 Å². The zero-order valence-corrected chi connectivity index (χ0v) is 29.2. The van der Waals surface area contributed by atoms with E-state index in [1.165, 1.54) is 36.0 Å². The summed E-state index contributed by atoms with van der Waals surface area (Å²) in [6, 6.07) is 17.1. The highest BCUT2D eigenvalue weighted by atomic mass is 32.2. The van der Waals surface area contributed by atoms with Gasteiger partial charge in [-0.25, -0.2) is 23.0 Å². The van der Waals surface area contributed by atoms with Crippen LogP contribution in [-0.4, -0.2) is 56.7 Å². The zero-order chi connectivity index (χ0) is 35.7. The largest absolute Gasteiger partial charge is 0.493 e. The Hall–Kier alpha value is -5.06. The highest BCUT2D eigenvalue weighted by Crippen LogP contribution is 2.40. The number of para-hydroxylation sites is 1. The lowest BCUT2D eigenvalue weighted by molar-refractivity contribution is 0.0692. The fraction of sp³-hybridized carbons (Fsp3) is 0.212. The van der Waals surface area contributed by atoms with Crippen LogP contribution in [0.2, 0.25) is 0 Å². The van der Waals surface area contributed by atoms with Gasteiger partial charge in [-0.05, 0) is 86.0 Å². The van der Waals surface area contributed by atoms with Gasteiger partial charge >= 0.3 is 12.0 Å². The first-order valence-corrected chi connectivity index (χ1v) is 18.5. The second-order valence-electron chi connectivity index (χ2n) is 10.7. The third-order valence-electron chi connectivity index (χ3n) is 7.15. The van der Waals surface area contributed by atoms with Crippen molar-refractivity contribution in [3.05, 3.63) is 82.7 Å². The van der Waals surface area contributed by atoms with E-state index in [2.05, 4.69) is 15.6 Å². The summed E-state index contributed by atoms with van der Waals surface area (Å²) in [5.41, 5.74) is 19.5. The van der Waals surface area contributed by atoms with Crippen molar-refractivity contribution in [2.45, 2.75) is 40.2 Å². The number of hydrogen-bond acceptors (Lipinski definition) is 9. The number of nitrogen functional groups attached to an aromatic ring is 1. The van der Waals surface area contributed by atoms with Gasteiger partial charge in [0, 0.05) is 12.1 Å². The van der Waals surface area contributed by atoms with Gasteiger partial charge in [0.1, 0.15) is 17.1 Å². The predicted octanol–water partition coefficient (Wildman–Crippen LogP) is 5.54. The summed E-state index contributed by atoms with van der Waals surface area (Å²) >= 11 is 2.40. The van der Waals surface area contributed by atoms with Gasteiger partial charge in [-0.1, -0.05) is 24.3 Å². The van der Waals surface area contributed by atoms with E-state index in [1.54, 1.807) is 55.6 Å². The molecule has 0 aliphatic heterocycles. The first-order valence-electron chi connectivity index (χ1n) is 14.9. The van der Waals surface area contributed by atoms with Crippen LogP contribution in [0.4, 0.5) is 16.2 Å². The highest BCUT2D eigenvalue weighted by molar-refractivity contribution is 8.01. The molecule has 0 fully saturated rings. The molecule has 0 aliphatic carbocycles. The van der Waals surface area contributed by atoms with Gasteiger partial charge in [0.05, 0.1) is 36.9 Å². The molecule has 0 unspecified atom stereocenters. The number of thiophene rings is 1. The van der Waals surface area contributed by atoms with Crippen LogP contribution in [0.3, 0.4) is 0 Å². The van der Waals surface area contributed by atoms with Crippen molar-refractivity contribution in [1.82, 2.24) is 5.32 Å². The number of carboxylic acids is 1. The SMILES string of the molecule is CSc1sc(C(=N)N)cc1S(=O)(=O)c1cccc(-c2c(C)cc(N=C(N)N)cc2NC(=O)NCCCCCOc2ccccc2C(=O)O)c1. The van der Waals surface area contributed by atoms with Crippen LogP contribution in [0.5, 0.6) is 5.75 Å². The number of urea groups is 1. The number of rotatable bonds is 15. The van der Waals surface area contributed by atoms with Gasteiger partial charge in [-0.15, -0.1) is 23.1 Å². The van der Waals surface area contributed by atoms with E-state index in [1.807, 2.05) is 0 Å². The molecule has 13 nitrogen and oxygen atoms in total. The summed E-state index contributed by atoms with van der Waals surface area (Å²) in [5, 5.41) is 22.7. The van der Waals surface area contributed by atoms with Crippen molar-refractivity contribution in [2.75, 3.05) is 24.7 Å². The number of aromatic carboxylic acids is 1. The molecular weight excluding hydrogens is 687 g/mol. The molecular formula is C33H37N7O6S3. The maximum absolute atomic E-state index is 13.8. The number of sulfone groups is 1. The first kappa shape index (κ1) is 36.8. The van der Waals surface area contributed by atoms with Crippen LogP contribution in [0.25, 0.3) is 11.1 Å². The smallest absolute Gasteiger partial charge is 0.339 e. The Morgan fingerprint density at radius 2 is 1.78 bits per heavy atom. The molecule has 0 spiro atoms. The van der Waals surface area contributed by atoms with Gasteiger partial charge in [0.25, 0.3) is 0 Å². The molecule has 16 heteroatoms. The normalized spacial score (nSPS) is 11.1. The molecule has 4 aromatic rings. The Bertz CT molecular complexity index is 2010. The second-order valence-corrected chi connectivity index (χ2v) is 14.8. The number of anilines is 1. The standard InChI is InChI=1S/C33H37N7O6S3/c1-19-15-21(39-32(36)37)17-24(40-33(43)38-13-6-3-7-14-46-25-12-5-4-11-23(25)30(41)42)28(19)20-9-8-10-22(16-20)49(44,45)27-18-26(29(34)35)48-31(27)47-2/h4-5,8-12,15-18H,3,6-7,13-14H2,1-2H3,(H3,34,35)(H,41,42)(H4,36,37,39)(H2,38,40,43). The van der Waals surface area contributed by atoms with E-state index in [-0.39, 0.29) is 27.1 Å². The molecule has 3 aromatic carbocycles. The number of thioether (sulfide) groups is 1. The van der Waals surface area contributed by atoms with Gasteiger partial charge in [-0.3, -0.25) is 5.41 Å². The maximum Gasteiger partial charge on any atom is 0.339 e. The second kappa shape index (κ2) is 16.4. The lowest BCUT2D eigenvalue weighted by atomic mass is 9.97. The van der Waals surface area contributed by atoms with Crippen LogP contribution in [0.1, 0.15) is 40.1 Å². The van der Waals surface area contributed by atoms with Crippen LogP contribution < -0.4 is 32.6 Å². The molecule has 258 valence electrons. The number of amidine groups is 1. The van der Waals surface area contributed by atoms with E-state index >= 15 is 0 Å². The highest BCUT2D eigenvalue weighted by Gasteiger charge is 2.26. The van der Waals surface area contributed by atoms with Crippen LogP contribution in [0.15, 0.2) is 85.7 Å². The fourth-order valence-corrected chi connectivity index (χ4v) is 8.86. The molecule has 0 aliphatic rings. The fourth-order valence-electron chi connectivity index (χ4n) is 4.95. The molecule has 0 atom stereocenters. The number of carboxylic acid groups (broad SMARTS) is 1. The van der Waals surface area contributed by atoms with E-state index in [4.69, 9.17) is 27.3 Å². The molecule has 0 radical (unpaired) electrons. The zero-order valence-electron chi connectivity index (χ0n) is 26.8. The van der Waals surface area contributed by atoms with E-state index in [0.29, 0.717) is 68.9 Å². The number of carbonyl (C=O) groups is 2. The Morgan fingerprint density at radius 3 is 2.47 bits per heavy atom. The number of amides is 2. The van der Waals surface area contributed by atoms with Crippen molar-refractivity contribution in [3.63, 3.8) is 0 Å². The molecule has 49 heavy (non-hydrogen) atoms. The van der Waals surface area contributed by atoms with Gasteiger partial charge in [0.15, 0.2) is 5.96 Å². The summed E-state index contributed by atoms with van der Waals surface area (Å²) in [7, 11) is -3.99. The monoisotopic (exact) mass is 723 g/mol. The number of benzene rings is 3. The topological polar surface area (TPSA) is 236 Å². The lowest BCUT2D eigenvalue weighted by Crippen LogP contribution is -2.29. The Labute approximate surface area is 292 Å². The number of nitrogens with one attached hydrogen (secondary N) is 3. The number of unbranched alkanes of at least 4 members (excludes halogenated alkanes) is 2. The number of aliphatic imine (C=N–C) groups is 1. The molecule has 10 N–H and O–H groups in total. The van der Waals surface area contributed by atoms with Crippen molar-refractivity contribution >= 4 is 68.1 Å². The summed E-state index contributed by atoms with van der Waals surface area (Å²) in [6.07, 6.45) is 3.77. The Balaban J connectivity index is 1.49. The summed E-state index contributed by atoms with van der Waals surface area (Å²) in [5.74, 6) is -1.13. The average Bonchev–Trinajstić information content (AvgIpc) is 3.50. The molecule has 0 bridgehead atoms. The van der Waals surface area contributed by atoms with Crippen molar-refractivity contribution < 1.29 is 27.9 Å². The number of guanidine groups is 1. The van der Waals surface area contributed by atoms with E-state index < -0.39 is 21.8 Å². The number of hydrogen-bond donors (Lipinski definition) is 7. The van der Waals surface area contributed by atoms with Gasteiger partial charge in [0.2, 0.25) is 9.84 Å². The quantitative estimate of drug-likeness (QED) is 0.0350. The molecule has 1 aromatic heterocycles. The van der Waals surface area contributed by atoms with Crippen LogP contribution >= 0.6 is 23.1 Å². The minimum absolute atomic E-state index is 0.0340. The Morgan fingerprint density at radius 1 is 1.02 bits per heavy atom. The van der Waals surface area contributed by atoms with Gasteiger partial charge in [-0.2, -0.15) is 0 Å². The molecule has 1 heterocycles. The molecule has 0 saturated heterocycles. The van der Waals surface area contributed by atoms with Crippen LogP contribution in [0, 0.1) is 12.3 Å². The minimum Gasteiger partial charge on any atom is -0.493 e. The summed E-state index contributed by atoms with van der Waals surface area (Å²) in [4.78, 5) is 29.0.